The molecule has 3 N–H and O–H groups in total. The molecule has 3 aliphatic heterocycles. The van der Waals surface area contributed by atoms with Crippen LogP contribution in [0.4, 0.5) is 0 Å². The zero-order valence-corrected chi connectivity index (χ0v) is 24.5. The number of ether oxygens (including phenoxy) is 2. The first-order valence-corrected chi connectivity index (χ1v) is 15.1. The number of likely N-dealkylation sites (tertiary alicyclic amines) is 1. The van der Waals surface area contributed by atoms with Crippen molar-refractivity contribution in [2.75, 3.05) is 32.3 Å². The van der Waals surface area contributed by atoms with Crippen molar-refractivity contribution in [1.29, 1.82) is 0 Å². The first kappa shape index (κ1) is 29.4. The molecule has 2 aromatic carbocycles. The van der Waals surface area contributed by atoms with Crippen LogP contribution in [0.15, 0.2) is 70.3 Å². The molecule has 220 valence electrons. The Bertz CT molecular complexity index is 1510. The van der Waals surface area contributed by atoms with E-state index in [1.54, 1.807) is 47.4 Å². The highest BCUT2D eigenvalue weighted by Crippen LogP contribution is 2.41. The van der Waals surface area contributed by atoms with Crippen LogP contribution in [-0.4, -0.2) is 87.4 Å². The Hall–Kier alpha value is -4.10. The van der Waals surface area contributed by atoms with Gasteiger partial charge in [0.1, 0.15) is 22.9 Å². The number of thioether (sulfide) groups is 2. The zero-order chi connectivity index (χ0) is 30.0. The number of benzene rings is 2. The van der Waals surface area contributed by atoms with Crippen LogP contribution in [0.25, 0.3) is 0 Å². The molecule has 3 aliphatic rings. The van der Waals surface area contributed by atoms with E-state index in [-0.39, 0.29) is 34.8 Å². The van der Waals surface area contributed by atoms with Crippen LogP contribution in [0.1, 0.15) is 12.0 Å². The van der Waals surface area contributed by atoms with Crippen LogP contribution < -0.4 is 14.8 Å². The molecule has 13 heteroatoms. The summed E-state index contributed by atoms with van der Waals surface area (Å²) in [6.07, 6.45) is 2.02. The van der Waals surface area contributed by atoms with Crippen molar-refractivity contribution in [3.05, 3.63) is 70.9 Å². The smallest absolute Gasteiger partial charge is 0.352 e. The number of phenols is 1. The lowest BCUT2D eigenvalue weighted by atomic mass is 10.0. The number of rotatable bonds is 10. The molecule has 2 unspecified atom stereocenters. The number of carboxylic acid groups (broad SMARTS) is 1. The van der Waals surface area contributed by atoms with Gasteiger partial charge in [-0.1, -0.05) is 12.1 Å². The van der Waals surface area contributed by atoms with E-state index in [1.807, 2.05) is 6.07 Å². The highest BCUT2D eigenvalue weighted by atomic mass is 32.2. The molecule has 2 aromatic rings. The highest BCUT2D eigenvalue weighted by Gasteiger charge is 2.54. The summed E-state index contributed by atoms with van der Waals surface area (Å²) in [6, 6.07) is 11.1. The molecule has 0 saturated carbocycles. The van der Waals surface area contributed by atoms with Crippen LogP contribution in [0.3, 0.4) is 0 Å². The van der Waals surface area contributed by atoms with E-state index >= 15 is 0 Å². The van der Waals surface area contributed by atoms with Crippen molar-refractivity contribution in [2.24, 2.45) is 0 Å². The molecule has 0 radical (unpaired) electrons. The van der Waals surface area contributed by atoms with Crippen molar-refractivity contribution < 1.29 is 38.9 Å². The van der Waals surface area contributed by atoms with Gasteiger partial charge in [0.25, 0.3) is 5.91 Å². The zero-order valence-electron chi connectivity index (χ0n) is 22.9. The van der Waals surface area contributed by atoms with Crippen LogP contribution in [0, 0.1) is 0 Å². The van der Waals surface area contributed by atoms with Gasteiger partial charge in [0.2, 0.25) is 11.8 Å². The van der Waals surface area contributed by atoms with E-state index in [0.717, 1.165) is 10.5 Å². The number of aromatic hydroxyl groups is 1. The van der Waals surface area contributed by atoms with Gasteiger partial charge in [-0.15, -0.1) is 23.5 Å². The Morgan fingerprint density at radius 3 is 2.64 bits per heavy atom. The average Bonchev–Trinajstić information content (AvgIpc) is 3.32. The summed E-state index contributed by atoms with van der Waals surface area (Å²) >= 11 is 2.61. The molecule has 5 rings (SSSR count). The van der Waals surface area contributed by atoms with E-state index in [9.17, 15) is 29.4 Å². The fraction of sp³-hybridized carbons (Fsp3) is 0.310. The summed E-state index contributed by atoms with van der Waals surface area (Å²) < 4.78 is 10.5. The number of amides is 3. The Morgan fingerprint density at radius 1 is 1.14 bits per heavy atom. The average molecular weight is 612 g/mol. The predicted molar refractivity (Wildman–Crippen MR) is 156 cm³/mol. The maximum Gasteiger partial charge on any atom is 0.352 e. The number of hydrogen-bond acceptors (Lipinski definition) is 9. The summed E-state index contributed by atoms with van der Waals surface area (Å²) in [7, 11) is 3.06. The number of fused-ring (bicyclic) bond motifs is 1. The van der Waals surface area contributed by atoms with Gasteiger partial charge in [-0.05, 0) is 54.0 Å². The molecule has 0 spiro atoms. The number of hydrogen-bond donors (Lipinski definition) is 3. The first-order valence-electron chi connectivity index (χ1n) is 13.0. The van der Waals surface area contributed by atoms with E-state index in [4.69, 9.17) is 9.47 Å². The standard InChI is InChI=1S/C29H29N3O8S2/c1-39-21-7-6-20(12-22(21)40-2)41-15-23(34)30-24-27(36)32-25(29(37)38)18(14-42-28(24)32)11-17-8-9-31(26(17)35)13-16-4-3-5-19(33)10-16/h3-7,10-12,24,28,33H,8-9,13-15H2,1-2H3,(H,30,34)(H,37,38). The summed E-state index contributed by atoms with van der Waals surface area (Å²) in [5.41, 5.74) is 1.47. The van der Waals surface area contributed by atoms with Crippen LogP contribution in [0.2, 0.25) is 0 Å². The minimum absolute atomic E-state index is 0.0524. The van der Waals surface area contributed by atoms with Crippen LogP contribution in [0.5, 0.6) is 17.2 Å². The molecule has 3 amide bonds. The topological polar surface area (TPSA) is 146 Å². The Labute approximate surface area is 250 Å². The summed E-state index contributed by atoms with van der Waals surface area (Å²) in [4.78, 5) is 54.7. The molecule has 3 heterocycles. The van der Waals surface area contributed by atoms with Gasteiger partial charge in [0, 0.05) is 29.3 Å². The molecule has 0 aliphatic carbocycles. The predicted octanol–water partition coefficient (Wildman–Crippen LogP) is 2.60. The van der Waals surface area contributed by atoms with Crippen molar-refractivity contribution in [1.82, 2.24) is 15.1 Å². The second kappa shape index (κ2) is 12.4. The Balaban J connectivity index is 1.23. The van der Waals surface area contributed by atoms with Gasteiger partial charge < -0.3 is 29.9 Å². The molecule has 2 atom stereocenters. The Morgan fingerprint density at radius 2 is 1.93 bits per heavy atom. The van der Waals surface area contributed by atoms with Crippen molar-refractivity contribution in [3.63, 3.8) is 0 Å². The quantitative estimate of drug-likeness (QED) is 0.208. The fourth-order valence-electron chi connectivity index (χ4n) is 5.06. The third-order valence-corrected chi connectivity index (χ3v) is 9.38. The van der Waals surface area contributed by atoms with Crippen molar-refractivity contribution in [2.45, 2.75) is 29.3 Å². The van der Waals surface area contributed by atoms with Crippen molar-refractivity contribution in [3.8, 4) is 17.2 Å². The van der Waals surface area contributed by atoms with Gasteiger partial charge in [-0.3, -0.25) is 19.3 Å². The minimum Gasteiger partial charge on any atom is -0.508 e. The molecule has 11 nitrogen and oxygen atoms in total. The number of carbonyl (C=O) groups excluding carboxylic acids is 3. The number of β-lactam (4-membered cyclic amide) rings is 1. The van der Waals surface area contributed by atoms with E-state index in [2.05, 4.69) is 5.32 Å². The monoisotopic (exact) mass is 611 g/mol. The summed E-state index contributed by atoms with van der Waals surface area (Å²) in [5.74, 6) is -0.798. The maximum absolute atomic E-state index is 13.1. The van der Waals surface area contributed by atoms with Gasteiger partial charge in [0.15, 0.2) is 11.5 Å². The summed E-state index contributed by atoms with van der Waals surface area (Å²) in [6.45, 7) is 0.784. The number of methoxy groups -OCH3 is 2. The molecular formula is C29H29N3O8S2. The number of aliphatic carboxylic acids is 1. The highest BCUT2D eigenvalue weighted by molar-refractivity contribution is 8.00. The number of allylic oxidation sites excluding steroid dienone is 1. The van der Waals surface area contributed by atoms with Crippen LogP contribution in [-0.2, 0) is 25.7 Å². The molecule has 0 aromatic heterocycles. The number of nitrogens with zero attached hydrogens (tertiary/aromatic N) is 2. The minimum atomic E-state index is -1.27. The van der Waals surface area contributed by atoms with Gasteiger partial charge in [-0.25, -0.2) is 4.79 Å². The number of carbonyl (C=O) groups is 4. The second-order valence-corrected chi connectivity index (χ2v) is 11.9. The number of phenolic OH excluding ortho intramolecular Hbond substituents is 1. The van der Waals surface area contributed by atoms with Crippen molar-refractivity contribution >= 4 is 47.2 Å². The lowest BCUT2D eigenvalue weighted by Crippen LogP contribution is -2.70. The third kappa shape index (κ3) is 5.93. The Kier molecular flexibility index (Phi) is 8.69. The number of nitrogens with one attached hydrogen (secondary N) is 1. The first-order chi connectivity index (χ1) is 20.2. The third-order valence-electron chi connectivity index (χ3n) is 7.09. The van der Waals surface area contributed by atoms with Gasteiger partial charge >= 0.3 is 5.97 Å². The normalized spacial score (nSPS) is 20.9. The second-order valence-electron chi connectivity index (χ2n) is 9.76. The molecule has 2 fully saturated rings. The molecule has 42 heavy (non-hydrogen) atoms. The van der Waals surface area contributed by atoms with E-state index < -0.39 is 23.3 Å². The molecule has 2 saturated heterocycles. The van der Waals surface area contributed by atoms with Gasteiger partial charge in [0.05, 0.1) is 20.0 Å². The lowest BCUT2D eigenvalue weighted by Gasteiger charge is -2.49. The van der Waals surface area contributed by atoms with E-state index in [0.29, 0.717) is 42.2 Å². The maximum atomic E-state index is 13.1. The number of carboxylic acids is 1. The van der Waals surface area contributed by atoms with E-state index in [1.165, 1.54) is 42.6 Å². The molecule has 0 bridgehead atoms. The fourth-order valence-corrected chi connectivity index (χ4v) is 7.10. The van der Waals surface area contributed by atoms with Gasteiger partial charge in [-0.2, -0.15) is 0 Å². The summed E-state index contributed by atoms with van der Waals surface area (Å²) in [5, 5.41) is 21.9. The SMILES string of the molecule is COc1ccc(SCC(=O)NC2C(=O)N3C(C(=O)O)=C(C=C4CCN(Cc5cccc(O)c5)C4=O)CSC23)cc1OC. The van der Waals surface area contributed by atoms with Crippen LogP contribution >= 0.6 is 23.5 Å². The lowest BCUT2D eigenvalue weighted by molar-refractivity contribution is -0.150. The molecular weight excluding hydrogens is 582 g/mol. The largest absolute Gasteiger partial charge is 0.508 e.